The summed E-state index contributed by atoms with van der Waals surface area (Å²) < 4.78 is 5.31. The first kappa shape index (κ1) is 24.7. The Bertz CT molecular complexity index is 647. The lowest BCUT2D eigenvalue weighted by molar-refractivity contribution is 0.309. The third kappa shape index (κ3) is 10.1. The van der Waals surface area contributed by atoms with E-state index in [4.69, 9.17) is 4.74 Å². The van der Waals surface area contributed by atoms with Gasteiger partial charge in [0.2, 0.25) is 0 Å². The molecule has 162 valence electrons. The van der Waals surface area contributed by atoms with Crippen molar-refractivity contribution in [2.75, 3.05) is 6.61 Å². The molecule has 29 heavy (non-hydrogen) atoms. The zero-order valence-corrected chi connectivity index (χ0v) is 17.9. The second kappa shape index (κ2) is 15.5. The predicted molar refractivity (Wildman–Crippen MR) is 121 cm³/mol. The summed E-state index contributed by atoms with van der Waals surface area (Å²) >= 11 is 0. The maximum Gasteiger partial charge on any atom is 0.165 e. The van der Waals surface area contributed by atoms with Crippen molar-refractivity contribution >= 4 is 0 Å². The van der Waals surface area contributed by atoms with Crippen LogP contribution in [0.5, 0.6) is 23.0 Å². The van der Waals surface area contributed by atoms with Crippen LogP contribution in [-0.4, -0.2) is 21.9 Å². The molecule has 4 nitrogen and oxygen atoms in total. The number of phenolic OH excluding ortho intramolecular Hbond substituents is 3. The molecule has 0 saturated heterocycles. The van der Waals surface area contributed by atoms with Crippen LogP contribution in [0.1, 0.15) is 76.7 Å². The Morgan fingerprint density at radius 1 is 0.828 bits per heavy atom. The highest BCUT2D eigenvalue weighted by molar-refractivity contribution is 5.59. The van der Waals surface area contributed by atoms with Crippen LogP contribution < -0.4 is 4.74 Å². The van der Waals surface area contributed by atoms with Gasteiger partial charge < -0.3 is 20.1 Å². The van der Waals surface area contributed by atoms with Gasteiger partial charge in [0.05, 0.1) is 6.61 Å². The summed E-state index contributed by atoms with van der Waals surface area (Å²) in [5.41, 5.74) is 0.375. The lowest BCUT2D eigenvalue weighted by Gasteiger charge is -2.13. The fourth-order valence-electron chi connectivity index (χ4n) is 3.21. The summed E-state index contributed by atoms with van der Waals surface area (Å²) in [4.78, 5) is 0. The average molecular weight is 403 g/mol. The Kier molecular flexibility index (Phi) is 13.2. The molecule has 0 bridgehead atoms. The fourth-order valence-corrected chi connectivity index (χ4v) is 3.21. The molecule has 1 rings (SSSR count). The van der Waals surface area contributed by atoms with Crippen LogP contribution in [0, 0.1) is 0 Å². The van der Waals surface area contributed by atoms with Crippen LogP contribution in [-0.2, 0) is 6.42 Å². The van der Waals surface area contributed by atoms with E-state index < -0.39 is 0 Å². The van der Waals surface area contributed by atoms with E-state index in [2.05, 4.69) is 30.9 Å². The molecular formula is C25H38O4. The lowest BCUT2D eigenvalue weighted by Crippen LogP contribution is -1.96. The summed E-state index contributed by atoms with van der Waals surface area (Å²) in [7, 11) is 0. The van der Waals surface area contributed by atoms with Gasteiger partial charge in [0.15, 0.2) is 23.0 Å². The number of phenols is 3. The van der Waals surface area contributed by atoms with Gasteiger partial charge >= 0.3 is 0 Å². The summed E-state index contributed by atoms with van der Waals surface area (Å²) in [5.74, 6) is -0.329. The molecule has 0 aliphatic carbocycles. The van der Waals surface area contributed by atoms with Gasteiger partial charge in [0.1, 0.15) is 0 Å². The van der Waals surface area contributed by atoms with Crippen molar-refractivity contribution in [3.8, 4) is 23.0 Å². The molecule has 0 amide bonds. The molecule has 0 heterocycles. The average Bonchev–Trinajstić information content (AvgIpc) is 2.71. The quantitative estimate of drug-likeness (QED) is 0.121. The van der Waals surface area contributed by atoms with Crippen molar-refractivity contribution in [1.29, 1.82) is 0 Å². The number of hydrogen-bond donors (Lipinski definition) is 3. The Morgan fingerprint density at radius 2 is 1.45 bits per heavy atom. The van der Waals surface area contributed by atoms with Crippen molar-refractivity contribution in [3.05, 3.63) is 48.6 Å². The minimum Gasteiger partial charge on any atom is -0.504 e. The van der Waals surface area contributed by atoms with E-state index in [1.165, 1.54) is 31.7 Å². The highest BCUT2D eigenvalue weighted by Crippen LogP contribution is 2.43. The van der Waals surface area contributed by atoms with Crippen molar-refractivity contribution in [2.45, 2.75) is 77.6 Å². The van der Waals surface area contributed by atoms with E-state index in [0.717, 1.165) is 38.5 Å². The molecule has 0 unspecified atom stereocenters. The van der Waals surface area contributed by atoms with Crippen LogP contribution in [0.25, 0.3) is 0 Å². The standard InChI is InChI=1S/C25H38O4/c1-3-5-6-7-8-9-10-11-12-13-14-15-16-17-18-19-21-24(27)22(26)20-23(25(21)28)29-4-2/h3,6-7,9-10,20,26-28H,1,4-5,8,11-19H2,2H3/b7-6+,10-9+. The zero-order chi connectivity index (χ0) is 21.3. The predicted octanol–water partition coefficient (Wildman–Crippen LogP) is 6.94. The molecule has 4 heteroatoms. The van der Waals surface area contributed by atoms with Gasteiger partial charge in [-0.1, -0.05) is 62.5 Å². The molecule has 0 radical (unpaired) electrons. The van der Waals surface area contributed by atoms with Crippen LogP contribution in [0.4, 0.5) is 0 Å². The second-order valence-corrected chi connectivity index (χ2v) is 7.22. The van der Waals surface area contributed by atoms with Crippen LogP contribution >= 0.6 is 0 Å². The SMILES string of the molecule is C=CC/C=C/C/C=C/CCCCCCCCCc1c(O)c(O)cc(OCC)c1O. The zero-order valence-electron chi connectivity index (χ0n) is 17.9. The second-order valence-electron chi connectivity index (χ2n) is 7.22. The van der Waals surface area contributed by atoms with E-state index in [1.54, 1.807) is 0 Å². The maximum absolute atomic E-state index is 10.2. The van der Waals surface area contributed by atoms with Gasteiger partial charge in [-0.05, 0) is 45.4 Å². The number of ether oxygens (including phenoxy) is 1. The number of hydrogen-bond acceptors (Lipinski definition) is 4. The number of unbranched alkanes of at least 4 members (excludes halogenated alkanes) is 7. The van der Waals surface area contributed by atoms with E-state index in [1.807, 2.05) is 13.0 Å². The van der Waals surface area contributed by atoms with Gasteiger partial charge in [-0.2, -0.15) is 0 Å². The van der Waals surface area contributed by atoms with E-state index >= 15 is 0 Å². The molecule has 0 aliphatic heterocycles. The molecule has 0 fully saturated rings. The van der Waals surface area contributed by atoms with Gasteiger partial charge in [-0.25, -0.2) is 0 Å². The molecule has 0 atom stereocenters. The molecule has 0 aliphatic rings. The number of rotatable bonds is 16. The highest BCUT2D eigenvalue weighted by atomic mass is 16.5. The first-order chi connectivity index (χ1) is 14.1. The van der Waals surface area contributed by atoms with E-state index in [0.29, 0.717) is 18.6 Å². The number of benzene rings is 1. The normalized spacial score (nSPS) is 11.5. The number of allylic oxidation sites excluding steroid dienone is 5. The van der Waals surface area contributed by atoms with Crippen molar-refractivity contribution in [1.82, 2.24) is 0 Å². The summed E-state index contributed by atoms with van der Waals surface area (Å²) in [5, 5.41) is 30.0. The van der Waals surface area contributed by atoms with E-state index in [9.17, 15) is 15.3 Å². The Labute approximate surface area is 176 Å². The minimum atomic E-state index is -0.247. The van der Waals surface area contributed by atoms with Gasteiger partial charge in [0.25, 0.3) is 0 Å². The first-order valence-electron chi connectivity index (χ1n) is 10.9. The Balaban J connectivity index is 2.13. The fraction of sp³-hybridized carbons (Fsp3) is 0.520. The van der Waals surface area contributed by atoms with Crippen LogP contribution in [0.2, 0.25) is 0 Å². The highest BCUT2D eigenvalue weighted by Gasteiger charge is 2.17. The summed E-state index contributed by atoms with van der Waals surface area (Å²) in [6, 6.07) is 1.26. The summed E-state index contributed by atoms with van der Waals surface area (Å²) in [6.07, 6.45) is 22.3. The lowest BCUT2D eigenvalue weighted by atomic mass is 10.0. The van der Waals surface area contributed by atoms with Crippen molar-refractivity contribution in [2.24, 2.45) is 0 Å². The third-order valence-corrected chi connectivity index (χ3v) is 4.82. The molecule has 1 aromatic carbocycles. The molecule has 0 aromatic heterocycles. The van der Waals surface area contributed by atoms with Gasteiger partial charge in [-0.3, -0.25) is 0 Å². The molecule has 3 N–H and O–H groups in total. The monoisotopic (exact) mass is 402 g/mol. The van der Waals surface area contributed by atoms with Crippen molar-refractivity contribution < 1.29 is 20.1 Å². The maximum atomic E-state index is 10.2. The Hall–Kier alpha value is -2.36. The van der Waals surface area contributed by atoms with Gasteiger partial charge in [0, 0.05) is 11.6 Å². The summed E-state index contributed by atoms with van der Waals surface area (Å²) in [6.45, 7) is 5.89. The third-order valence-electron chi connectivity index (χ3n) is 4.82. The molecule has 0 saturated carbocycles. The topological polar surface area (TPSA) is 69.9 Å². The minimum absolute atomic E-state index is 0.0635. The molecule has 0 spiro atoms. The van der Waals surface area contributed by atoms with Crippen molar-refractivity contribution in [3.63, 3.8) is 0 Å². The van der Waals surface area contributed by atoms with Gasteiger partial charge in [-0.15, -0.1) is 6.58 Å². The molecule has 1 aromatic rings. The largest absolute Gasteiger partial charge is 0.504 e. The smallest absolute Gasteiger partial charge is 0.165 e. The first-order valence-corrected chi connectivity index (χ1v) is 10.9. The molecular weight excluding hydrogens is 364 g/mol. The Morgan fingerprint density at radius 3 is 2.14 bits per heavy atom. The van der Waals surface area contributed by atoms with Crippen LogP contribution in [0.3, 0.4) is 0 Å². The number of aromatic hydroxyl groups is 3. The van der Waals surface area contributed by atoms with E-state index in [-0.39, 0.29) is 23.0 Å². The van der Waals surface area contributed by atoms with Crippen LogP contribution in [0.15, 0.2) is 43.0 Å².